The highest BCUT2D eigenvalue weighted by Gasteiger charge is 2.23. The van der Waals surface area contributed by atoms with Crippen LogP contribution in [-0.4, -0.2) is 0 Å². The van der Waals surface area contributed by atoms with E-state index in [4.69, 9.17) is 17.3 Å². The Morgan fingerprint density at radius 2 is 1.74 bits per heavy atom. The molecule has 2 aromatic carbocycles. The van der Waals surface area contributed by atoms with E-state index in [9.17, 15) is 5.26 Å². The molecular formula is C16H15ClN2. The lowest BCUT2D eigenvalue weighted by Crippen LogP contribution is -2.15. The number of nitriles is 1. The van der Waals surface area contributed by atoms with Gasteiger partial charge in [0, 0.05) is 10.7 Å². The Labute approximate surface area is 118 Å². The number of rotatable bonds is 2. The summed E-state index contributed by atoms with van der Waals surface area (Å²) >= 11 is 5.91. The molecule has 0 fully saturated rings. The summed E-state index contributed by atoms with van der Waals surface area (Å²) in [6.07, 6.45) is 0. The summed E-state index contributed by atoms with van der Waals surface area (Å²) in [6, 6.07) is 15.5. The second-order valence-corrected chi connectivity index (χ2v) is 5.49. The zero-order chi connectivity index (χ0) is 14.0. The van der Waals surface area contributed by atoms with E-state index in [1.807, 2.05) is 56.3 Å². The third kappa shape index (κ3) is 2.72. The molecule has 0 heterocycles. The van der Waals surface area contributed by atoms with Crippen molar-refractivity contribution in [1.82, 2.24) is 0 Å². The predicted molar refractivity (Wildman–Crippen MR) is 79.9 cm³/mol. The molecule has 0 bridgehead atoms. The molecule has 19 heavy (non-hydrogen) atoms. The average Bonchev–Trinajstić information content (AvgIpc) is 2.39. The normalized spacial score (nSPS) is 11.1. The van der Waals surface area contributed by atoms with Crippen molar-refractivity contribution in [3.63, 3.8) is 0 Å². The van der Waals surface area contributed by atoms with Crippen LogP contribution in [0.2, 0.25) is 5.02 Å². The summed E-state index contributed by atoms with van der Waals surface area (Å²) in [5, 5.41) is 10.0. The van der Waals surface area contributed by atoms with E-state index in [0.717, 1.165) is 16.7 Å². The van der Waals surface area contributed by atoms with Crippen LogP contribution in [0.4, 0.5) is 5.69 Å². The highest BCUT2D eigenvalue weighted by molar-refractivity contribution is 6.30. The molecule has 0 radical (unpaired) electrons. The van der Waals surface area contributed by atoms with Gasteiger partial charge < -0.3 is 5.73 Å². The maximum Gasteiger partial charge on any atom is 0.0772 e. The minimum absolute atomic E-state index is 0.567. The highest BCUT2D eigenvalue weighted by atomic mass is 35.5. The van der Waals surface area contributed by atoms with Gasteiger partial charge in [-0.3, -0.25) is 0 Å². The average molecular weight is 271 g/mol. The molecule has 2 aromatic rings. The van der Waals surface area contributed by atoms with Gasteiger partial charge in [-0.1, -0.05) is 29.8 Å². The predicted octanol–water partition coefficient (Wildman–Crippen LogP) is 4.39. The first kappa shape index (κ1) is 13.5. The van der Waals surface area contributed by atoms with Crippen LogP contribution >= 0.6 is 11.6 Å². The van der Waals surface area contributed by atoms with Gasteiger partial charge in [-0.2, -0.15) is 5.26 Å². The fourth-order valence-corrected chi connectivity index (χ4v) is 2.16. The van der Waals surface area contributed by atoms with Gasteiger partial charge in [0.1, 0.15) is 0 Å². The number of hydrogen-bond donors (Lipinski definition) is 1. The lowest BCUT2D eigenvalue weighted by molar-refractivity contribution is 0.689. The lowest BCUT2D eigenvalue weighted by Gasteiger charge is -2.21. The molecule has 0 atom stereocenters. The van der Waals surface area contributed by atoms with Crippen molar-refractivity contribution in [2.45, 2.75) is 19.3 Å². The minimum Gasteiger partial charge on any atom is -0.399 e. The fourth-order valence-electron chi connectivity index (χ4n) is 2.04. The SMILES string of the molecule is CC(C)(C#N)c1ccc(N)cc1-c1ccc(Cl)cc1. The van der Waals surface area contributed by atoms with Crippen LogP contribution in [-0.2, 0) is 5.41 Å². The molecule has 96 valence electrons. The van der Waals surface area contributed by atoms with Crippen molar-refractivity contribution in [1.29, 1.82) is 5.26 Å². The molecule has 0 amide bonds. The van der Waals surface area contributed by atoms with Crippen LogP contribution in [0.1, 0.15) is 19.4 Å². The van der Waals surface area contributed by atoms with E-state index in [1.54, 1.807) is 0 Å². The first-order valence-corrected chi connectivity index (χ1v) is 6.39. The van der Waals surface area contributed by atoms with Crippen molar-refractivity contribution >= 4 is 17.3 Å². The molecule has 2 N–H and O–H groups in total. The van der Waals surface area contributed by atoms with E-state index in [1.165, 1.54) is 0 Å². The summed E-state index contributed by atoms with van der Waals surface area (Å²) in [5.74, 6) is 0. The van der Waals surface area contributed by atoms with Gasteiger partial charge in [0.05, 0.1) is 11.5 Å². The summed E-state index contributed by atoms with van der Waals surface area (Å²) < 4.78 is 0. The van der Waals surface area contributed by atoms with Crippen molar-refractivity contribution in [2.75, 3.05) is 5.73 Å². The fraction of sp³-hybridized carbons (Fsp3) is 0.188. The largest absolute Gasteiger partial charge is 0.399 e. The van der Waals surface area contributed by atoms with E-state index in [0.29, 0.717) is 10.7 Å². The zero-order valence-electron chi connectivity index (χ0n) is 10.9. The first-order chi connectivity index (χ1) is 8.94. The Morgan fingerprint density at radius 1 is 1.11 bits per heavy atom. The quantitative estimate of drug-likeness (QED) is 0.823. The van der Waals surface area contributed by atoms with Crippen molar-refractivity contribution in [3.8, 4) is 17.2 Å². The Hall–Kier alpha value is -1.98. The standard InChI is InChI=1S/C16H15ClN2/c1-16(2,10-18)15-8-7-13(19)9-14(15)11-3-5-12(17)6-4-11/h3-9H,19H2,1-2H3. The second-order valence-electron chi connectivity index (χ2n) is 5.05. The Kier molecular flexibility index (Phi) is 3.50. The minimum atomic E-state index is -0.567. The Balaban J connectivity index is 2.65. The first-order valence-electron chi connectivity index (χ1n) is 6.01. The maximum atomic E-state index is 9.33. The number of halogens is 1. The summed E-state index contributed by atoms with van der Waals surface area (Å²) in [4.78, 5) is 0. The topological polar surface area (TPSA) is 49.8 Å². The van der Waals surface area contributed by atoms with Gasteiger partial charge >= 0.3 is 0 Å². The van der Waals surface area contributed by atoms with E-state index >= 15 is 0 Å². The van der Waals surface area contributed by atoms with Crippen LogP contribution in [0.15, 0.2) is 42.5 Å². The number of nitrogens with two attached hydrogens (primary N) is 1. The Bertz CT molecular complexity index is 637. The van der Waals surface area contributed by atoms with Crippen molar-refractivity contribution < 1.29 is 0 Å². The molecule has 0 saturated carbocycles. The molecule has 0 unspecified atom stereocenters. The number of nitrogens with zero attached hydrogens (tertiary/aromatic N) is 1. The van der Waals surface area contributed by atoms with Gasteiger partial charge in [-0.25, -0.2) is 0 Å². The zero-order valence-corrected chi connectivity index (χ0v) is 11.7. The molecule has 3 heteroatoms. The molecule has 0 saturated heterocycles. The molecule has 2 nitrogen and oxygen atoms in total. The smallest absolute Gasteiger partial charge is 0.0772 e. The number of nitrogen functional groups attached to an aromatic ring is 1. The molecule has 0 aliphatic heterocycles. The monoisotopic (exact) mass is 270 g/mol. The third-order valence-electron chi connectivity index (χ3n) is 3.15. The second kappa shape index (κ2) is 4.95. The number of hydrogen-bond acceptors (Lipinski definition) is 2. The summed E-state index contributed by atoms with van der Waals surface area (Å²) in [7, 11) is 0. The Morgan fingerprint density at radius 3 is 2.32 bits per heavy atom. The molecule has 0 aliphatic carbocycles. The van der Waals surface area contributed by atoms with Crippen LogP contribution in [0, 0.1) is 11.3 Å². The summed E-state index contributed by atoms with van der Waals surface area (Å²) in [6.45, 7) is 3.80. The van der Waals surface area contributed by atoms with Crippen molar-refractivity contribution in [3.05, 3.63) is 53.1 Å². The van der Waals surface area contributed by atoms with E-state index < -0.39 is 5.41 Å². The molecular weight excluding hydrogens is 256 g/mol. The van der Waals surface area contributed by atoms with E-state index in [2.05, 4.69) is 6.07 Å². The molecule has 2 rings (SSSR count). The van der Waals surface area contributed by atoms with Crippen LogP contribution < -0.4 is 5.73 Å². The lowest BCUT2D eigenvalue weighted by atomic mass is 9.81. The maximum absolute atomic E-state index is 9.33. The van der Waals surface area contributed by atoms with Gasteiger partial charge in [-0.05, 0) is 54.8 Å². The van der Waals surface area contributed by atoms with Gasteiger partial charge in [-0.15, -0.1) is 0 Å². The van der Waals surface area contributed by atoms with Crippen molar-refractivity contribution in [2.24, 2.45) is 0 Å². The van der Waals surface area contributed by atoms with Gasteiger partial charge in [0.25, 0.3) is 0 Å². The third-order valence-corrected chi connectivity index (χ3v) is 3.40. The van der Waals surface area contributed by atoms with E-state index in [-0.39, 0.29) is 0 Å². The number of benzene rings is 2. The number of anilines is 1. The molecule has 0 aliphatic rings. The van der Waals surface area contributed by atoms with Crippen LogP contribution in [0.3, 0.4) is 0 Å². The van der Waals surface area contributed by atoms with Crippen LogP contribution in [0.25, 0.3) is 11.1 Å². The molecule has 0 spiro atoms. The molecule has 0 aromatic heterocycles. The van der Waals surface area contributed by atoms with Gasteiger partial charge in [0.2, 0.25) is 0 Å². The van der Waals surface area contributed by atoms with Gasteiger partial charge in [0.15, 0.2) is 0 Å². The van der Waals surface area contributed by atoms with Crippen LogP contribution in [0.5, 0.6) is 0 Å². The summed E-state index contributed by atoms with van der Waals surface area (Å²) in [5.41, 5.74) is 8.94. The highest BCUT2D eigenvalue weighted by Crippen LogP contribution is 2.34.